The summed E-state index contributed by atoms with van der Waals surface area (Å²) < 4.78 is 7.54. The third-order valence-corrected chi connectivity index (χ3v) is 7.92. The lowest BCUT2D eigenvalue weighted by Crippen LogP contribution is -2.57. The number of fused-ring (bicyclic) bond motifs is 1. The van der Waals surface area contributed by atoms with Crippen molar-refractivity contribution in [2.24, 2.45) is 10.7 Å². The number of aliphatic imine (C=N–C) groups is 1. The van der Waals surface area contributed by atoms with Crippen LogP contribution in [0.5, 0.6) is 5.75 Å². The molecule has 4 N–H and O–H groups in total. The Morgan fingerprint density at radius 2 is 2.08 bits per heavy atom. The number of nitrogens with two attached hydrogens (primary N) is 1. The number of ether oxygens (including phenoxy) is 1. The van der Waals surface area contributed by atoms with Crippen molar-refractivity contribution in [3.05, 3.63) is 66.2 Å². The fraction of sp³-hybridized carbons (Fsp3) is 0.367. The number of likely N-dealkylation sites (N-methyl/N-ethyl adjacent to an activating group) is 1. The predicted octanol–water partition coefficient (Wildman–Crippen LogP) is 3.65. The number of aryl methyl sites for hydroxylation is 1. The largest absolute Gasteiger partial charge is 0.508 e. The molecule has 3 aromatic heterocycles. The van der Waals surface area contributed by atoms with Crippen molar-refractivity contribution in [1.29, 1.82) is 0 Å². The Labute approximate surface area is 234 Å². The van der Waals surface area contributed by atoms with Crippen LogP contribution in [0.25, 0.3) is 16.6 Å². The topological polar surface area (TPSA) is 117 Å². The zero-order valence-corrected chi connectivity index (χ0v) is 23.2. The van der Waals surface area contributed by atoms with Gasteiger partial charge in [0, 0.05) is 61.1 Å². The summed E-state index contributed by atoms with van der Waals surface area (Å²) >= 11 is 0. The van der Waals surface area contributed by atoms with Crippen LogP contribution in [0.1, 0.15) is 24.5 Å². The number of aromatic nitrogens is 3. The number of rotatable bonds is 8. The van der Waals surface area contributed by atoms with Crippen LogP contribution in [-0.4, -0.2) is 82.9 Å². The minimum atomic E-state index is 0.161. The summed E-state index contributed by atoms with van der Waals surface area (Å²) in [5, 5.41) is 18.3. The van der Waals surface area contributed by atoms with E-state index < -0.39 is 0 Å². The molecule has 2 saturated heterocycles. The van der Waals surface area contributed by atoms with Crippen LogP contribution in [0.15, 0.2) is 60.1 Å². The second-order valence-electron chi connectivity index (χ2n) is 10.8. The van der Waals surface area contributed by atoms with Crippen molar-refractivity contribution >= 4 is 28.4 Å². The second kappa shape index (κ2) is 10.8. The summed E-state index contributed by atoms with van der Waals surface area (Å²) in [7, 11) is 4.26. The maximum atomic E-state index is 9.92. The highest BCUT2D eigenvalue weighted by Crippen LogP contribution is 2.36. The molecule has 5 heterocycles. The maximum absolute atomic E-state index is 9.92. The number of hydrogen-bond donors (Lipinski definition) is 3. The van der Waals surface area contributed by atoms with E-state index >= 15 is 0 Å². The zero-order chi connectivity index (χ0) is 27.8. The number of aromatic hydroxyl groups is 1. The van der Waals surface area contributed by atoms with Crippen LogP contribution in [0.2, 0.25) is 0 Å². The first-order chi connectivity index (χ1) is 19.4. The van der Waals surface area contributed by atoms with Crippen molar-refractivity contribution in [2.45, 2.75) is 31.8 Å². The second-order valence-corrected chi connectivity index (χ2v) is 10.8. The third kappa shape index (κ3) is 4.96. The van der Waals surface area contributed by atoms with Crippen LogP contribution >= 0.6 is 0 Å². The minimum absolute atomic E-state index is 0.161. The van der Waals surface area contributed by atoms with Gasteiger partial charge in [-0.15, -0.1) is 0 Å². The molecule has 0 amide bonds. The van der Waals surface area contributed by atoms with Crippen molar-refractivity contribution in [3.8, 4) is 16.9 Å². The van der Waals surface area contributed by atoms with Crippen LogP contribution in [0, 0.1) is 0 Å². The highest BCUT2D eigenvalue weighted by atomic mass is 16.5. The molecule has 2 aliphatic rings. The van der Waals surface area contributed by atoms with E-state index in [9.17, 15) is 5.11 Å². The average molecular weight is 541 g/mol. The molecule has 0 unspecified atom stereocenters. The molecule has 0 aliphatic carbocycles. The lowest BCUT2D eigenvalue weighted by atomic mass is 10.0. The van der Waals surface area contributed by atoms with E-state index in [4.69, 9.17) is 20.6 Å². The fourth-order valence-corrected chi connectivity index (χ4v) is 5.42. The molecule has 0 saturated carbocycles. The molecular weight excluding hydrogens is 504 g/mol. The monoisotopic (exact) mass is 540 g/mol. The van der Waals surface area contributed by atoms with Gasteiger partial charge in [-0.1, -0.05) is 6.92 Å². The van der Waals surface area contributed by atoms with Crippen LogP contribution in [0.3, 0.4) is 0 Å². The van der Waals surface area contributed by atoms with Gasteiger partial charge in [-0.2, -0.15) is 5.10 Å². The first-order valence-corrected chi connectivity index (χ1v) is 13.8. The van der Waals surface area contributed by atoms with Gasteiger partial charge in [0.15, 0.2) is 0 Å². The van der Waals surface area contributed by atoms with Crippen molar-refractivity contribution in [1.82, 2.24) is 19.5 Å². The summed E-state index contributed by atoms with van der Waals surface area (Å²) in [5.74, 6) is 0.573. The van der Waals surface area contributed by atoms with Crippen molar-refractivity contribution < 1.29 is 9.84 Å². The molecular formula is C30H36N8O2. The first kappa shape index (κ1) is 26.1. The molecule has 208 valence electrons. The van der Waals surface area contributed by atoms with Gasteiger partial charge in [-0.3, -0.25) is 4.98 Å². The number of nitrogens with zero attached hydrogens (tertiary/aromatic N) is 6. The Morgan fingerprint density at radius 3 is 2.83 bits per heavy atom. The molecule has 0 spiro atoms. The fourth-order valence-electron chi connectivity index (χ4n) is 5.42. The molecule has 2 aliphatic heterocycles. The molecule has 10 heteroatoms. The molecule has 4 aromatic rings. The summed E-state index contributed by atoms with van der Waals surface area (Å²) in [5.41, 5.74) is 14.1. The predicted molar refractivity (Wildman–Crippen MR) is 159 cm³/mol. The number of phenolic OH excluding ortho intramolecular Hbond substituents is 1. The van der Waals surface area contributed by atoms with Crippen molar-refractivity contribution in [2.75, 3.05) is 50.6 Å². The zero-order valence-electron chi connectivity index (χ0n) is 23.2. The molecule has 0 bridgehead atoms. The number of hydrogen-bond acceptors (Lipinski definition) is 8. The van der Waals surface area contributed by atoms with Gasteiger partial charge < -0.3 is 30.7 Å². The van der Waals surface area contributed by atoms with Gasteiger partial charge in [-0.25, -0.2) is 9.51 Å². The molecule has 1 aromatic carbocycles. The van der Waals surface area contributed by atoms with Gasteiger partial charge >= 0.3 is 0 Å². The number of nitrogens with one attached hydrogen (secondary N) is 1. The van der Waals surface area contributed by atoms with Crippen LogP contribution in [-0.2, 0) is 11.2 Å². The Balaban J connectivity index is 1.42. The number of benzene rings is 1. The summed E-state index contributed by atoms with van der Waals surface area (Å²) in [6.45, 7) is 5.35. The lowest BCUT2D eigenvalue weighted by Gasteiger charge is -2.44. The first-order valence-electron chi connectivity index (χ1n) is 13.8. The van der Waals surface area contributed by atoms with Gasteiger partial charge in [-0.05, 0) is 62.8 Å². The number of phenols is 1. The number of amidine groups is 1. The molecule has 10 nitrogen and oxygen atoms in total. The number of pyridine rings is 1. The van der Waals surface area contributed by atoms with Crippen molar-refractivity contribution in [3.63, 3.8) is 0 Å². The molecule has 1 atom stereocenters. The summed E-state index contributed by atoms with van der Waals surface area (Å²) in [4.78, 5) is 13.9. The van der Waals surface area contributed by atoms with Gasteiger partial charge in [0.2, 0.25) is 0 Å². The molecule has 2 fully saturated rings. The van der Waals surface area contributed by atoms with E-state index in [0.717, 1.165) is 71.7 Å². The molecule has 40 heavy (non-hydrogen) atoms. The Morgan fingerprint density at radius 1 is 1.23 bits per heavy atom. The van der Waals surface area contributed by atoms with Gasteiger partial charge in [0.1, 0.15) is 11.6 Å². The quantitative estimate of drug-likeness (QED) is 0.229. The van der Waals surface area contributed by atoms with E-state index in [1.807, 2.05) is 30.0 Å². The van der Waals surface area contributed by atoms with Gasteiger partial charge in [0.05, 0.1) is 41.3 Å². The molecule has 0 radical (unpaired) electrons. The van der Waals surface area contributed by atoms with E-state index in [0.29, 0.717) is 18.5 Å². The summed E-state index contributed by atoms with van der Waals surface area (Å²) in [6.07, 6.45) is 9.23. The Kier molecular flexibility index (Phi) is 7.03. The standard InChI is InChI=1S/C30H36N8O2/c1-4-19-11-23(39)5-6-26(19)35-30(31)25-14-33-38-15-20(12-28(38)29(25)34-21-8-10-40-18-21)24-13-32-9-7-27(24)37-16-22(17-37)36(2)3/h5-7,9,11-15,21-22,34,39H,4,8,10,16-18H2,1-3H3,(H2,31,35)/t21-/m0/s1. The summed E-state index contributed by atoms with van der Waals surface area (Å²) in [6, 6.07) is 10.1. The van der Waals surface area contributed by atoms with Crippen LogP contribution in [0.4, 0.5) is 17.1 Å². The SMILES string of the molecule is CCc1cc(O)ccc1N=C(N)c1cnn2cc(-c3cnccc3N3CC(N(C)C)C3)cc2c1N[C@H]1CCOC1. The van der Waals surface area contributed by atoms with E-state index in [1.54, 1.807) is 24.4 Å². The molecule has 6 rings (SSSR count). The van der Waals surface area contributed by atoms with Gasteiger partial charge in [0.25, 0.3) is 0 Å². The maximum Gasteiger partial charge on any atom is 0.135 e. The highest BCUT2D eigenvalue weighted by molar-refractivity contribution is 6.06. The number of anilines is 2. The third-order valence-electron chi connectivity index (χ3n) is 7.92. The Bertz CT molecular complexity index is 1550. The lowest BCUT2D eigenvalue weighted by molar-refractivity contribution is 0.195. The average Bonchev–Trinajstić information content (AvgIpc) is 3.59. The highest BCUT2D eigenvalue weighted by Gasteiger charge is 2.30. The van der Waals surface area contributed by atoms with E-state index in [-0.39, 0.29) is 11.8 Å². The van der Waals surface area contributed by atoms with E-state index in [2.05, 4.69) is 46.3 Å². The normalized spacial score (nSPS) is 18.1. The van der Waals surface area contributed by atoms with E-state index in [1.165, 1.54) is 5.69 Å². The smallest absolute Gasteiger partial charge is 0.135 e. The van der Waals surface area contributed by atoms with Crippen LogP contribution < -0.4 is 16.0 Å². The Hall–Kier alpha value is -4.15. The minimum Gasteiger partial charge on any atom is -0.508 e.